The fraction of sp³-hybridized carbons (Fsp3) is 0.0577. The van der Waals surface area contributed by atoms with Gasteiger partial charge in [-0.1, -0.05) is 146 Å². The minimum Gasteiger partial charge on any atom is -0.225 e. The topological polar surface area (TPSA) is 38.7 Å². The highest BCUT2D eigenvalue weighted by Crippen LogP contribution is 2.58. The van der Waals surface area contributed by atoms with Crippen LogP contribution in [0.15, 0.2) is 201 Å². The lowest BCUT2D eigenvalue weighted by atomic mass is 9.66. The molecule has 55 heavy (non-hydrogen) atoms. The Balaban J connectivity index is 1.36. The van der Waals surface area contributed by atoms with Crippen LogP contribution in [-0.2, 0) is 5.41 Å². The van der Waals surface area contributed by atoms with Gasteiger partial charge in [0.15, 0.2) is 5.82 Å². The molecule has 8 aromatic rings. The Morgan fingerprint density at radius 3 is 1.51 bits per heavy atom. The number of hydrogen-bond donors (Lipinski definition) is 0. The zero-order valence-electron chi connectivity index (χ0n) is 30.3. The minimum absolute atomic E-state index is 0.655. The van der Waals surface area contributed by atoms with Crippen LogP contribution < -0.4 is 0 Å². The third-order valence-electron chi connectivity index (χ3n) is 11.2. The lowest BCUT2D eigenvalue weighted by molar-refractivity contribution is 0.769. The van der Waals surface area contributed by atoms with Crippen LogP contribution in [0.25, 0.3) is 61.5 Å². The van der Waals surface area contributed by atoms with Gasteiger partial charge in [-0.2, -0.15) is 0 Å². The van der Waals surface area contributed by atoms with Crippen molar-refractivity contribution in [1.29, 1.82) is 0 Å². The fourth-order valence-electron chi connectivity index (χ4n) is 8.67. The summed E-state index contributed by atoms with van der Waals surface area (Å²) in [6.45, 7) is 0. The predicted octanol–water partition coefficient (Wildman–Crippen LogP) is 12.6. The molecule has 3 nitrogen and oxygen atoms in total. The Bertz CT molecular complexity index is 2680. The summed E-state index contributed by atoms with van der Waals surface area (Å²) in [5.74, 6) is 0.655. The summed E-state index contributed by atoms with van der Waals surface area (Å²) >= 11 is 0. The van der Waals surface area contributed by atoms with Gasteiger partial charge < -0.3 is 0 Å². The Kier molecular flexibility index (Phi) is 8.18. The molecule has 0 fully saturated rings. The van der Waals surface area contributed by atoms with Crippen molar-refractivity contribution in [2.45, 2.75) is 18.3 Å². The first-order valence-electron chi connectivity index (χ1n) is 19.0. The third kappa shape index (κ3) is 5.73. The molecule has 0 N–H and O–H groups in total. The van der Waals surface area contributed by atoms with Gasteiger partial charge in [0, 0.05) is 5.56 Å². The molecule has 1 unspecified atom stereocenters. The van der Waals surface area contributed by atoms with Crippen LogP contribution in [-0.4, -0.2) is 15.0 Å². The van der Waals surface area contributed by atoms with Crippen molar-refractivity contribution in [2.75, 3.05) is 0 Å². The van der Waals surface area contributed by atoms with Gasteiger partial charge in [0.1, 0.15) is 12.7 Å². The van der Waals surface area contributed by atoms with E-state index < -0.39 is 5.41 Å². The predicted molar refractivity (Wildman–Crippen MR) is 225 cm³/mol. The standard InChI is InChI=1S/C52H37N3/c1-5-15-36(16-6-1)41-27-42(37-17-7-2-8-18-37)30-45(29-41)52(46-31-43(38-19-9-3-10-20-38)28-44(32-46)39-21-11-4-12-22-39)49-24-14-13-23-47(49)48-26-25-40(33-50(48)52)51-54-34-53-35-55-51/h1-3,5-11,13-35H,4,12H2. The van der Waals surface area contributed by atoms with Crippen LogP contribution in [0, 0.1) is 0 Å². The Morgan fingerprint density at radius 1 is 0.400 bits per heavy atom. The second-order valence-electron chi connectivity index (χ2n) is 14.4. The highest BCUT2D eigenvalue weighted by atomic mass is 15.0. The van der Waals surface area contributed by atoms with Crippen LogP contribution in [0.2, 0.25) is 0 Å². The number of nitrogens with zero attached hydrogens (tertiary/aromatic N) is 3. The van der Waals surface area contributed by atoms with Gasteiger partial charge in [-0.25, -0.2) is 15.0 Å². The van der Waals surface area contributed by atoms with Gasteiger partial charge in [0.05, 0.1) is 5.41 Å². The van der Waals surface area contributed by atoms with Crippen LogP contribution >= 0.6 is 0 Å². The molecule has 0 radical (unpaired) electrons. The maximum atomic E-state index is 4.62. The molecule has 2 aliphatic carbocycles. The van der Waals surface area contributed by atoms with E-state index in [2.05, 4.69) is 203 Å². The molecule has 1 heterocycles. The first-order valence-corrected chi connectivity index (χ1v) is 19.0. The van der Waals surface area contributed by atoms with E-state index in [-0.39, 0.29) is 0 Å². The molecule has 7 aromatic carbocycles. The van der Waals surface area contributed by atoms with Crippen LogP contribution in [0.1, 0.15) is 40.7 Å². The molecule has 0 bridgehead atoms. The summed E-state index contributed by atoms with van der Waals surface area (Å²) < 4.78 is 0. The van der Waals surface area contributed by atoms with Gasteiger partial charge >= 0.3 is 0 Å². The SMILES string of the molecule is C1=CC(c2cc(-c3ccccc3)cc(C3(c4cc(-c5ccccc5)cc(-c5ccccc5)c4)c4ccccc4-c4ccc(-c5ncncn5)cc43)c2)=CCC1. The molecule has 0 saturated carbocycles. The van der Waals surface area contributed by atoms with Crippen molar-refractivity contribution in [1.82, 2.24) is 15.0 Å². The maximum Gasteiger partial charge on any atom is 0.162 e. The first-order chi connectivity index (χ1) is 27.3. The largest absolute Gasteiger partial charge is 0.225 e. The van der Waals surface area contributed by atoms with E-state index in [0.29, 0.717) is 5.82 Å². The van der Waals surface area contributed by atoms with Crippen molar-refractivity contribution >= 4 is 5.57 Å². The molecular formula is C52H37N3. The summed E-state index contributed by atoms with van der Waals surface area (Å²) in [5, 5.41) is 0. The number of aromatic nitrogens is 3. The number of hydrogen-bond acceptors (Lipinski definition) is 3. The average molecular weight is 704 g/mol. The lowest BCUT2D eigenvalue weighted by Gasteiger charge is -2.36. The van der Waals surface area contributed by atoms with E-state index in [1.54, 1.807) is 12.7 Å². The number of rotatable bonds is 7. The quantitative estimate of drug-likeness (QED) is 0.166. The van der Waals surface area contributed by atoms with Gasteiger partial charge in [-0.15, -0.1) is 0 Å². The zero-order valence-corrected chi connectivity index (χ0v) is 30.3. The van der Waals surface area contributed by atoms with Crippen LogP contribution in [0.4, 0.5) is 0 Å². The van der Waals surface area contributed by atoms with Crippen molar-refractivity contribution in [3.8, 4) is 55.9 Å². The lowest BCUT2D eigenvalue weighted by Crippen LogP contribution is -2.29. The fourth-order valence-corrected chi connectivity index (χ4v) is 8.67. The van der Waals surface area contributed by atoms with Crippen molar-refractivity contribution in [3.63, 3.8) is 0 Å². The number of fused-ring (bicyclic) bond motifs is 3. The van der Waals surface area contributed by atoms with Gasteiger partial charge in [-0.3, -0.25) is 0 Å². The number of benzene rings is 7. The Morgan fingerprint density at radius 2 is 0.927 bits per heavy atom. The first kappa shape index (κ1) is 32.7. The summed E-state index contributed by atoms with van der Waals surface area (Å²) in [6.07, 6.45) is 12.2. The summed E-state index contributed by atoms with van der Waals surface area (Å²) in [4.78, 5) is 13.4. The maximum absolute atomic E-state index is 4.62. The molecule has 0 amide bonds. The zero-order chi connectivity index (χ0) is 36.6. The van der Waals surface area contributed by atoms with E-state index in [9.17, 15) is 0 Å². The molecule has 1 aromatic heterocycles. The number of allylic oxidation sites excluding steroid dienone is 4. The van der Waals surface area contributed by atoms with Crippen LogP contribution in [0.5, 0.6) is 0 Å². The molecule has 0 spiro atoms. The molecule has 10 rings (SSSR count). The minimum atomic E-state index is -0.707. The van der Waals surface area contributed by atoms with Crippen molar-refractivity contribution in [2.24, 2.45) is 0 Å². The monoisotopic (exact) mass is 703 g/mol. The van der Waals surface area contributed by atoms with Gasteiger partial charge in [0.2, 0.25) is 0 Å². The molecule has 0 aliphatic heterocycles. The molecule has 2 aliphatic rings. The Hall–Kier alpha value is -6.97. The second-order valence-corrected chi connectivity index (χ2v) is 14.4. The van der Waals surface area contributed by atoms with Crippen LogP contribution in [0.3, 0.4) is 0 Å². The molecule has 3 heteroatoms. The van der Waals surface area contributed by atoms with E-state index >= 15 is 0 Å². The van der Waals surface area contributed by atoms with Crippen molar-refractivity contribution < 1.29 is 0 Å². The molecule has 1 atom stereocenters. The Labute approximate surface area is 322 Å². The molecule has 0 saturated heterocycles. The summed E-state index contributed by atoms with van der Waals surface area (Å²) in [7, 11) is 0. The smallest absolute Gasteiger partial charge is 0.162 e. The summed E-state index contributed by atoms with van der Waals surface area (Å²) in [6, 6.07) is 62.5. The van der Waals surface area contributed by atoms with Gasteiger partial charge in [0.25, 0.3) is 0 Å². The summed E-state index contributed by atoms with van der Waals surface area (Å²) in [5.41, 5.74) is 17.1. The normalized spacial score (nSPS) is 15.6. The highest BCUT2D eigenvalue weighted by Gasteiger charge is 2.47. The van der Waals surface area contributed by atoms with E-state index in [0.717, 1.165) is 18.4 Å². The second kappa shape index (κ2) is 13.8. The van der Waals surface area contributed by atoms with Gasteiger partial charge in [-0.05, 0) is 133 Å². The van der Waals surface area contributed by atoms with E-state index in [1.807, 2.05) is 0 Å². The van der Waals surface area contributed by atoms with E-state index in [4.69, 9.17) is 0 Å². The highest BCUT2D eigenvalue weighted by molar-refractivity contribution is 5.91. The third-order valence-corrected chi connectivity index (χ3v) is 11.2. The average Bonchev–Trinajstić information content (AvgIpc) is 3.58. The van der Waals surface area contributed by atoms with Crippen molar-refractivity contribution in [3.05, 3.63) is 229 Å². The molecule has 260 valence electrons. The van der Waals surface area contributed by atoms with E-state index in [1.165, 1.54) is 77.9 Å². The molecular weight excluding hydrogens is 667 g/mol.